The molecule has 2 rings (SSSR count). The van der Waals surface area contributed by atoms with E-state index in [9.17, 15) is 0 Å². The number of nitrogens with zero attached hydrogens (tertiary/aromatic N) is 3. The number of alkyl halides is 1. The van der Waals surface area contributed by atoms with Crippen molar-refractivity contribution in [2.45, 2.75) is 18.8 Å². The van der Waals surface area contributed by atoms with Crippen LogP contribution in [0.25, 0.3) is 0 Å². The molecule has 6 heteroatoms. The fourth-order valence-corrected chi connectivity index (χ4v) is 2.13. The maximum absolute atomic E-state index is 5.96. The Morgan fingerprint density at radius 1 is 1.50 bits per heavy atom. The van der Waals surface area contributed by atoms with Crippen LogP contribution in [0.2, 0.25) is 0 Å². The maximum Gasteiger partial charge on any atom is 0.124 e. The number of aromatic nitrogens is 3. The molecular formula is C12H13BrClN3O. The summed E-state index contributed by atoms with van der Waals surface area (Å²) in [5.41, 5.74) is 1.80. The second-order valence-corrected chi connectivity index (χ2v) is 5.48. The van der Waals surface area contributed by atoms with E-state index in [2.05, 4.69) is 26.2 Å². The normalized spacial score (nSPS) is 12.4. The van der Waals surface area contributed by atoms with Gasteiger partial charge >= 0.3 is 0 Å². The molecule has 1 atom stereocenters. The minimum atomic E-state index is -0.136. The third-order valence-corrected chi connectivity index (χ3v) is 3.26. The summed E-state index contributed by atoms with van der Waals surface area (Å²) in [5, 5.41) is 7.93. The second-order valence-electron chi connectivity index (χ2n) is 3.91. The van der Waals surface area contributed by atoms with E-state index >= 15 is 0 Å². The molecule has 0 radical (unpaired) electrons. The standard InChI is InChI=1S/C12H13BrClN3O/c1-8(14)11-7-17(16-15-11)6-9-5-10(13)3-4-12(9)18-2/h3-5,7-8H,6H2,1-2H3. The van der Waals surface area contributed by atoms with Crippen molar-refractivity contribution in [1.82, 2.24) is 15.0 Å². The number of hydrogen-bond acceptors (Lipinski definition) is 3. The first-order valence-corrected chi connectivity index (χ1v) is 6.69. The summed E-state index contributed by atoms with van der Waals surface area (Å²) >= 11 is 9.40. The van der Waals surface area contributed by atoms with Crippen molar-refractivity contribution in [3.8, 4) is 5.75 Å². The van der Waals surface area contributed by atoms with Gasteiger partial charge in [0.25, 0.3) is 0 Å². The van der Waals surface area contributed by atoms with Gasteiger partial charge in [-0.15, -0.1) is 16.7 Å². The van der Waals surface area contributed by atoms with Gasteiger partial charge in [-0.05, 0) is 25.1 Å². The largest absolute Gasteiger partial charge is 0.496 e. The summed E-state index contributed by atoms with van der Waals surface area (Å²) in [6.45, 7) is 2.47. The molecule has 1 aromatic heterocycles. The maximum atomic E-state index is 5.96. The van der Waals surface area contributed by atoms with Gasteiger partial charge in [0, 0.05) is 10.0 Å². The molecule has 1 unspecified atom stereocenters. The van der Waals surface area contributed by atoms with Crippen LogP contribution in [0, 0.1) is 0 Å². The van der Waals surface area contributed by atoms with E-state index in [0.717, 1.165) is 21.5 Å². The number of benzene rings is 1. The van der Waals surface area contributed by atoms with E-state index in [-0.39, 0.29) is 5.38 Å². The quantitative estimate of drug-likeness (QED) is 0.807. The predicted octanol–water partition coefficient (Wildman–Crippen LogP) is 3.40. The zero-order valence-corrected chi connectivity index (χ0v) is 12.4. The van der Waals surface area contributed by atoms with Crippen LogP contribution in [0.3, 0.4) is 0 Å². The molecule has 96 valence electrons. The SMILES string of the molecule is COc1ccc(Br)cc1Cn1cc(C(C)Cl)nn1. The minimum Gasteiger partial charge on any atom is -0.496 e. The molecule has 0 saturated heterocycles. The van der Waals surface area contributed by atoms with Crippen molar-refractivity contribution in [3.63, 3.8) is 0 Å². The van der Waals surface area contributed by atoms with Crippen LogP contribution in [0.5, 0.6) is 5.75 Å². The lowest BCUT2D eigenvalue weighted by Crippen LogP contribution is -2.02. The number of rotatable bonds is 4. The molecule has 0 bridgehead atoms. The van der Waals surface area contributed by atoms with Gasteiger partial charge < -0.3 is 4.74 Å². The van der Waals surface area contributed by atoms with E-state index in [1.807, 2.05) is 31.3 Å². The van der Waals surface area contributed by atoms with Crippen LogP contribution in [0.1, 0.15) is 23.6 Å². The fourth-order valence-electron chi connectivity index (χ4n) is 1.62. The molecule has 4 nitrogen and oxygen atoms in total. The van der Waals surface area contributed by atoms with Crippen molar-refractivity contribution < 1.29 is 4.74 Å². The molecule has 0 amide bonds. The summed E-state index contributed by atoms with van der Waals surface area (Å²) in [7, 11) is 1.65. The molecule has 0 fully saturated rings. The first-order chi connectivity index (χ1) is 8.60. The highest BCUT2D eigenvalue weighted by Crippen LogP contribution is 2.24. The van der Waals surface area contributed by atoms with E-state index in [1.54, 1.807) is 11.8 Å². The van der Waals surface area contributed by atoms with Crippen LogP contribution in [0.4, 0.5) is 0 Å². The third kappa shape index (κ3) is 3.03. The Hall–Kier alpha value is -1.07. The number of hydrogen-bond donors (Lipinski definition) is 0. The van der Waals surface area contributed by atoms with Crippen LogP contribution in [-0.2, 0) is 6.54 Å². The molecule has 1 heterocycles. The van der Waals surface area contributed by atoms with Crippen molar-refractivity contribution in [2.75, 3.05) is 7.11 Å². The molecule has 0 spiro atoms. The highest BCUT2D eigenvalue weighted by atomic mass is 79.9. The average Bonchev–Trinajstić information content (AvgIpc) is 2.78. The van der Waals surface area contributed by atoms with Crippen molar-refractivity contribution in [2.24, 2.45) is 0 Å². The van der Waals surface area contributed by atoms with Gasteiger partial charge in [0.2, 0.25) is 0 Å². The topological polar surface area (TPSA) is 39.9 Å². The first kappa shape index (κ1) is 13.4. The number of halogens is 2. The molecule has 0 aliphatic heterocycles. The highest BCUT2D eigenvalue weighted by Gasteiger charge is 2.09. The van der Waals surface area contributed by atoms with Gasteiger partial charge in [-0.2, -0.15) is 0 Å². The third-order valence-electron chi connectivity index (χ3n) is 2.54. The Balaban J connectivity index is 2.24. The smallest absolute Gasteiger partial charge is 0.124 e. The Morgan fingerprint density at radius 3 is 2.89 bits per heavy atom. The van der Waals surface area contributed by atoms with Crippen LogP contribution >= 0.6 is 27.5 Å². The van der Waals surface area contributed by atoms with Gasteiger partial charge in [-0.1, -0.05) is 21.1 Å². The van der Waals surface area contributed by atoms with Crippen LogP contribution < -0.4 is 4.74 Å². The van der Waals surface area contributed by atoms with Gasteiger partial charge in [0.15, 0.2) is 0 Å². The number of methoxy groups -OCH3 is 1. The molecule has 2 aromatic rings. The Morgan fingerprint density at radius 2 is 2.28 bits per heavy atom. The van der Waals surface area contributed by atoms with Crippen LogP contribution in [-0.4, -0.2) is 22.1 Å². The lowest BCUT2D eigenvalue weighted by Gasteiger charge is -2.08. The molecule has 0 N–H and O–H groups in total. The average molecular weight is 331 g/mol. The van der Waals surface area contributed by atoms with Crippen LogP contribution in [0.15, 0.2) is 28.9 Å². The Labute approximate surface area is 119 Å². The summed E-state index contributed by atoms with van der Waals surface area (Å²) in [5.74, 6) is 0.828. The molecule has 18 heavy (non-hydrogen) atoms. The molecule has 0 saturated carbocycles. The van der Waals surface area contributed by atoms with Gasteiger partial charge in [0.05, 0.1) is 25.2 Å². The van der Waals surface area contributed by atoms with E-state index in [0.29, 0.717) is 6.54 Å². The van der Waals surface area contributed by atoms with E-state index in [1.165, 1.54) is 0 Å². The number of ether oxygens (including phenoxy) is 1. The molecular weight excluding hydrogens is 318 g/mol. The highest BCUT2D eigenvalue weighted by molar-refractivity contribution is 9.10. The Kier molecular flexibility index (Phi) is 4.24. The van der Waals surface area contributed by atoms with E-state index < -0.39 is 0 Å². The predicted molar refractivity (Wildman–Crippen MR) is 74.1 cm³/mol. The molecule has 1 aromatic carbocycles. The van der Waals surface area contributed by atoms with Gasteiger partial charge in [-0.25, -0.2) is 4.68 Å². The lowest BCUT2D eigenvalue weighted by molar-refractivity contribution is 0.407. The lowest BCUT2D eigenvalue weighted by atomic mass is 10.2. The van der Waals surface area contributed by atoms with Crippen molar-refractivity contribution in [1.29, 1.82) is 0 Å². The minimum absolute atomic E-state index is 0.136. The zero-order chi connectivity index (χ0) is 13.1. The van der Waals surface area contributed by atoms with Gasteiger partial charge in [0.1, 0.15) is 11.4 Å². The zero-order valence-electron chi connectivity index (χ0n) is 10.1. The Bertz CT molecular complexity index is 542. The summed E-state index contributed by atoms with van der Waals surface area (Å²) < 4.78 is 8.07. The summed E-state index contributed by atoms with van der Waals surface area (Å²) in [4.78, 5) is 0. The van der Waals surface area contributed by atoms with Gasteiger partial charge in [-0.3, -0.25) is 0 Å². The van der Waals surface area contributed by atoms with Crippen molar-refractivity contribution >= 4 is 27.5 Å². The first-order valence-electron chi connectivity index (χ1n) is 5.46. The van der Waals surface area contributed by atoms with E-state index in [4.69, 9.17) is 16.3 Å². The summed E-state index contributed by atoms with van der Waals surface area (Å²) in [6, 6.07) is 5.86. The summed E-state index contributed by atoms with van der Waals surface area (Å²) in [6.07, 6.45) is 1.85. The monoisotopic (exact) mass is 329 g/mol. The van der Waals surface area contributed by atoms with Crippen molar-refractivity contribution in [3.05, 3.63) is 40.1 Å². The second kappa shape index (κ2) is 5.71. The molecule has 0 aliphatic carbocycles. The molecule has 0 aliphatic rings. The fraction of sp³-hybridized carbons (Fsp3) is 0.333.